The van der Waals surface area contributed by atoms with Crippen LogP contribution in [0.3, 0.4) is 0 Å². The van der Waals surface area contributed by atoms with Gasteiger partial charge in [-0.05, 0) is 104 Å². The Bertz CT molecular complexity index is 3430. The Hall–Kier alpha value is -6.75. The number of hydrogen-bond acceptors (Lipinski definition) is 2. The summed E-state index contributed by atoms with van der Waals surface area (Å²) in [5.41, 5.74) is 4.53. The number of fused-ring (bicyclic) bond motifs is 8. The van der Waals surface area contributed by atoms with Crippen molar-refractivity contribution in [3.8, 4) is 5.69 Å². The van der Waals surface area contributed by atoms with Gasteiger partial charge in [0.1, 0.15) is 0 Å². The zero-order valence-corrected chi connectivity index (χ0v) is 35.5. The summed E-state index contributed by atoms with van der Waals surface area (Å²) >= 11 is 0. The summed E-state index contributed by atoms with van der Waals surface area (Å²) in [5.74, 6) is 0. The molecule has 2 atom stereocenters. The molecule has 1 fully saturated rings. The summed E-state index contributed by atoms with van der Waals surface area (Å²) < 4.78 is 32.9. The predicted octanol–water partition coefficient (Wildman–Crippen LogP) is 11.6. The van der Waals surface area contributed by atoms with Crippen molar-refractivity contribution in [2.24, 2.45) is 0 Å². The molecule has 0 bridgehead atoms. The van der Waals surface area contributed by atoms with Crippen molar-refractivity contribution >= 4 is 83.5 Å². The van der Waals surface area contributed by atoms with E-state index in [1.165, 1.54) is 47.9 Å². The summed E-state index contributed by atoms with van der Waals surface area (Å²) in [7, 11) is -3.26. The second-order valence-electron chi connectivity index (χ2n) is 17.6. The first kappa shape index (κ1) is 33.0. The molecule has 2 aromatic heterocycles. The highest BCUT2D eigenvalue weighted by molar-refractivity contribution is 7.20. The van der Waals surface area contributed by atoms with Crippen molar-refractivity contribution in [2.75, 3.05) is 4.90 Å². The number of pyridine rings is 1. The quantitative estimate of drug-likeness (QED) is 0.123. The maximum atomic E-state index is 10.4. The normalized spacial score (nSPS) is 19.5. The molecule has 0 spiro atoms. The van der Waals surface area contributed by atoms with Gasteiger partial charge in [-0.3, -0.25) is 4.98 Å². The average Bonchev–Trinajstić information content (AvgIpc) is 3.79. The van der Waals surface area contributed by atoms with Crippen LogP contribution in [0, 0.1) is 0 Å². The van der Waals surface area contributed by atoms with Gasteiger partial charge in [-0.1, -0.05) is 171 Å². The smallest absolute Gasteiger partial charge is 0.181 e. The van der Waals surface area contributed by atoms with Crippen molar-refractivity contribution in [1.29, 1.82) is 0 Å². The summed E-state index contributed by atoms with van der Waals surface area (Å²) in [5, 5.41) is 11.3. The molecule has 10 aromatic rings. The SMILES string of the molecule is [2H]c1c(N2c3cnccc3C3(C)CCCCC23C)c([2H])c2c3ccccc3n(-c3ccccc3[Si](c3ccccc3)(c3ccc4ccccc4c3)c3ccc4ccccc4c3)c2c1[2H]. The lowest BCUT2D eigenvalue weighted by molar-refractivity contribution is 0.195. The third kappa shape index (κ3) is 5.12. The molecule has 1 saturated carbocycles. The van der Waals surface area contributed by atoms with Gasteiger partial charge in [0.15, 0.2) is 8.07 Å². The van der Waals surface area contributed by atoms with E-state index in [-0.39, 0.29) is 23.5 Å². The maximum absolute atomic E-state index is 10.4. The van der Waals surface area contributed by atoms with Gasteiger partial charge < -0.3 is 9.47 Å². The van der Waals surface area contributed by atoms with E-state index < -0.39 is 13.6 Å². The number of anilines is 2. The van der Waals surface area contributed by atoms with Gasteiger partial charge in [0.2, 0.25) is 0 Å². The van der Waals surface area contributed by atoms with Crippen LogP contribution in [0.15, 0.2) is 200 Å². The Kier molecular flexibility index (Phi) is 7.38. The molecule has 0 saturated heterocycles. The van der Waals surface area contributed by atoms with E-state index in [4.69, 9.17) is 0 Å². The first-order valence-electron chi connectivity index (χ1n) is 23.2. The van der Waals surface area contributed by atoms with Crippen molar-refractivity contribution in [3.05, 3.63) is 206 Å². The third-order valence-electron chi connectivity index (χ3n) is 14.7. The number of benzene rings is 8. The van der Waals surface area contributed by atoms with Crippen LogP contribution >= 0.6 is 0 Å². The first-order chi connectivity index (χ1) is 31.3. The fraction of sp³-hybridized carbons (Fsp3) is 0.140. The van der Waals surface area contributed by atoms with Crippen LogP contribution in [0.1, 0.15) is 49.2 Å². The van der Waals surface area contributed by atoms with Crippen molar-refractivity contribution in [1.82, 2.24) is 9.55 Å². The summed E-state index contributed by atoms with van der Waals surface area (Å²) in [4.78, 5) is 6.87. The summed E-state index contributed by atoms with van der Waals surface area (Å²) in [6.07, 6.45) is 7.94. The second kappa shape index (κ2) is 13.6. The molecule has 294 valence electrons. The molecule has 1 aliphatic heterocycles. The standard InChI is InChI=1S/C57H47N3Si/c1-56-33-14-15-34-57(56,2)60(54-39-58-35-32-50(54)56)44-28-31-52-49(38-44)48-22-10-11-23-51(48)59(52)53-24-12-13-25-55(53)61(45-20-4-3-5-21-45,46-29-26-40-16-6-8-18-42(40)36-46)47-30-27-41-17-7-9-19-43(41)37-47/h3-13,16-32,35-39H,14-15,33-34H2,1-2H3/i28D,31D,38D. The number of rotatable bonds is 6. The lowest BCUT2D eigenvalue weighted by Crippen LogP contribution is -2.75. The Morgan fingerprint density at radius 3 is 1.95 bits per heavy atom. The number of nitrogens with zero attached hydrogens (tertiary/aromatic N) is 3. The molecule has 1 aliphatic carbocycles. The average molecular weight is 805 g/mol. The minimum absolute atomic E-state index is 0.0699. The molecule has 4 heteroatoms. The Balaban J connectivity index is 1.20. The summed E-state index contributed by atoms with van der Waals surface area (Å²) in [6, 6.07) is 62.0. The Morgan fingerprint density at radius 2 is 1.20 bits per heavy atom. The van der Waals surface area contributed by atoms with Gasteiger partial charge >= 0.3 is 0 Å². The second-order valence-corrected chi connectivity index (χ2v) is 21.4. The van der Waals surface area contributed by atoms with Gasteiger partial charge in [-0.2, -0.15) is 0 Å². The lowest BCUT2D eigenvalue weighted by Gasteiger charge is -2.50. The van der Waals surface area contributed by atoms with E-state index in [0.717, 1.165) is 48.0 Å². The van der Waals surface area contributed by atoms with Gasteiger partial charge in [-0.25, -0.2) is 0 Å². The van der Waals surface area contributed by atoms with E-state index in [0.29, 0.717) is 16.6 Å². The minimum atomic E-state index is -3.26. The van der Waals surface area contributed by atoms with Gasteiger partial charge in [-0.15, -0.1) is 0 Å². The highest BCUT2D eigenvalue weighted by Gasteiger charge is 2.57. The molecular formula is C57H47N3Si. The Labute approximate surface area is 362 Å². The maximum Gasteiger partial charge on any atom is 0.181 e. The first-order valence-corrected chi connectivity index (χ1v) is 23.7. The van der Waals surface area contributed by atoms with Gasteiger partial charge in [0.25, 0.3) is 0 Å². The number of para-hydroxylation sites is 2. The Morgan fingerprint density at radius 1 is 0.557 bits per heavy atom. The molecular weight excluding hydrogens is 755 g/mol. The van der Waals surface area contributed by atoms with Crippen LogP contribution in [0.2, 0.25) is 0 Å². The molecule has 3 heterocycles. The van der Waals surface area contributed by atoms with Gasteiger partial charge in [0, 0.05) is 33.8 Å². The number of hydrogen-bond donors (Lipinski definition) is 0. The van der Waals surface area contributed by atoms with E-state index >= 15 is 0 Å². The topological polar surface area (TPSA) is 21.1 Å². The molecule has 3 nitrogen and oxygen atoms in total. The van der Waals surface area contributed by atoms with Crippen LogP contribution in [0.25, 0.3) is 49.0 Å². The molecule has 0 N–H and O–H groups in total. The fourth-order valence-electron chi connectivity index (χ4n) is 11.5. The van der Waals surface area contributed by atoms with E-state index in [1.807, 2.05) is 18.5 Å². The predicted molar refractivity (Wildman–Crippen MR) is 260 cm³/mol. The van der Waals surface area contributed by atoms with Crippen LogP contribution in [0.4, 0.5) is 11.4 Å². The highest BCUT2D eigenvalue weighted by atomic mass is 28.3. The molecule has 0 amide bonds. The lowest BCUT2D eigenvalue weighted by atomic mass is 9.61. The van der Waals surface area contributed by atoms with Crippen LogP contribution in [-0.2, 0) is 5.41 Å². The van der Waals surface area contributed by atoms with Crippen molar-refractivity contribution in [3.63, 3.8) is 0 Å². The monoisotopic (exact) mass is 804 g/mol. The van der Waals surface area contributed by atoms with Crippen LogP contribution in [-0.4, -0.2) is 23.2 Å². The van der Waals surface area contributed by atoms with Crippen molar-refractivity contribution in [2.45, 2.75) is 50.5 Å². The van der Waals surface area contributed by atoms with E-state index in [9.17, 15) is 4.11 Å². The van der Waals surface area contributed by atoms with Crippen LogP contribution in [0.5, 0.6) is 0 Å². The molecule has 12 rings (SSSR count). The number of aromatic nitrogens is 2. The zero-order chi connectivity index (χ0) is 43.4. The third-order valence-corrected chi connectivity index (χ3v) is 19.5. The molecule has 61 heavy (non-hydrogen) atoms. The fourth-order valence-corrected chi connectivity index (χ4v) is 16.5. The molecule has 2 aliphatic rings. The molecule has 8 aromatic carbocycles. The highest BCUT2D eigenvalue weighted by Crippen LogP contribution is 2.60. The van der Waals surface area contributed by atoms with Gasteiger partial charge in [0.05, 0.1) is 32.6 Å². The van der Waals surface area contributed by atoms with Crippen LogP contribution < -0.4 is 25.6 Å². The largest absolute Gasteiger partial charge is 0.333 e. The van der Waals surface area contributed by atoms with Crippen molar-refractivity contribution < 1.29 is 4.11 Å². The minimum Gasteiger partial charge on any atom is -0.333 e. The molecule has 0 radical (unpaired) electrons. The van der Waals surface area contributed by atoms with E-state index in [1.54, 1.807) is 0 Å². The molecule has 2 unspecified atom stereocenters. The zero-order valence-electron chi connectivity index (χ0n) is 37.5. The van der Waals surface area contributed by atoms with E-state index in [2.05, 4.69) is 192 Å². The summed E-state index contributed by atoms with van der Waals surface area (Å²) in [6.45, 7) is 4.67.